The van der Waals surface area contributed by atoms with Crippen LogP contribution >= 0.6 is 22.6 Å². The zero-order valence-electron chi connectivity index (χ0n) is 10.2. The van der Waals surface area contributed by atoms with Crippen molar-refractivity contribution < 1.29 is 13.2 Å². The summed E-state index contributed by atoms with van der Waals surface area (Å²) in [6.45, 7) is 4.02. The van der Waals surface area contributed by atoms with Gasteiger partial charge >= 0.3 is 6.18 Å². The van der Waals surface area contributed by atoms with E-state index in [1.807, 2.05) is 13.8 Å². The average molecular weight is 381 g/mol. The smallest absolute Gasteiger partial charge is 0.237 e. The average Bonchev–Trinajstić information content (AvgIpc) is 2.70. The van der Waals surface area contributed by atoms with Crippen molar-refractivity contribution in [1.82, 2.24) is 14.8 Å². The predicted octanol–water partition coefficient (Wildman–Crippen LogP) is 4.01. The summed E-state index contributed by atoms with van der Waals surface area (Å²) in [5, 5.41) is 4.34. The molecule has 0 aliphatic carbocycles. The van der Waals surface area contributed by atoms with Gasteiger partial charge in [0.2, 0.25) is 0 Å². The summed E-state index contributed by atoms with van der Waals surface area (Å²) in [7, 11) is 0. The molecule has 2 rings (SSSR count). The molecule has 0 amide bonds. The summed E-state index contributed by atoms with van der Waals surface area (Å²) < 4.78 is 39.8. The van der Waals surface area contributed by atoms with Crippen LogP contribution in [-0.4, -0.2) is 14.8 Å². The highest BCUT2D eigenvalue weighted by Crippen LogP contribution is 2.29. The van der Waals surface area contributed by atoms with E-state index in [4.69, 9.17) is 0 Å². The van der Waals surface area contributed by atoms with Crippen molar-refractivity contribution in [3.63, 3.8) is 0 Å². The first-order valence-corrected chi connectivity index (χ1v) is 6.65. The fourth-order valence-corrected chi connectivity index (χ4v) is 2.56. The van der Waals surface area contributed by atoms with Gasteiger partial charge in [0.1, 0.15) is 0 Å². The minimum atomic E-state index is -4.37. The lowest BCUT2D eigenvalue weighted by molar-refractivity contribution is -0.137. The van der Waals surface area contributed by atoms with Crippen LogP contribution in [0.1, 0.15) is 31.0 Å². The van der Waals surface area contributed by atoms with Crippen LogP contribution < -0.4 is 0 Å². The summed E-state index contributed by atoms with van der Waals surface area (Å²) in [6, 6.07) is 2.32. The van der Waals surface area contributed by atoms with Crippen LogP contribution in [-0.2, 0) is 6.18 Å². The third kappa shape index (κ3) is 3.07. The van der Waals surface area contributed by atoms with Crippen LogP contribution in [0.3, 0.4) is 0 Å². The van der Waals surface area contributed by atoms with Gasteiger partial charge in [-0.25, -0.2) is 9.67 Å². The summed E-state index contributed by atoms with van der Waals surface area (Å²) in [4.78, 5) is 3.81. The summed E-state index contributed by atoms with van der Waals surface area (Å²) in [6.07, 6.45) is -1.79. The lowest BCUT2D eigenvalue weighted by Crippen LogP contribution is -2.07. The summed E-state index contributed by atoms with van der Waals surface area (Å²) in [5.74, 6) is 0.625. The van der Waals surface area contributed by atoms with E-state index in [1.54, 1.807) is 6.20 Å². The van der Waals surface area contributed by atoms with Crippen molar-refractivity contribution >= 4 is 22.6 Å². The predicted molar refractivity (Wildman–Crippen MR) is 73.2 cm³/mol. The third-order valence-corrected chi connectivity index (χ3v) is 3.38. The second-order valence-electron chi connectivity index (χ2n) is 4.36. The quantitative estimate of drug-likeness (QED) is 0.736. The maximum atomic E-state index is 12.4. The SMILES string of the molecule is CC(C)c1nn(-c2ccc(C(F)(F)F)cn2)cc1I. The van der Waals surface area contributed by atoms with Crippen molar-refractivity contribution in [1.29, 1.82) is 0 Å². The van der Waals surface area contributed by atoms with Gasteiger partial charge in [-0.05, 0) is 40.6 Å². The first-order chi connectivity index (χ1) is 8.79. The number of nitrogens with zero attached hydrogens (tertiary/aromatic N) is 3. The molecule has 0 saturated carbocycles. The minimum absolute atomic E-state index is 0.252. The molecule has 0 unspecified atom stereocenters. The molecule has 0 atom stereocenters. The molecule has 2 heterocycles. The molecule has 2 aromatic rings. The van der Waals surface area contributed by atoms with E-state index in [1.165, 1.54) is 10.7 Å². The highest BCUT2D eigenvalue weighted by atomic mass is 127. The molecule has 19 heavy (non-hydrogen) atoms. The van der Waals surface area contributed by atoms with E-state index in [0.29, 0.717) is 5.82 Å². The van der Waals surface area contributed by atoms with Crippen LogP contribution in [0.25, 0.3) is 5.82 Å². The fraction of sp³-hybridized carbons (Fsp3) is 0.333. The summed E-state index contributed by atoms with van der Waals surface area (Å²) >= 11 is 2.15. The third-order valence-electron chi connectivity index (χ3n) is 2.55. The number of hydrogen-bond donors (Lipinski definition) is 0. The van der Waals surface area contributed by atoms with E-state index in [-0.39, 0.29) is 5.92 Å². The lowest BCUT2D eigenvalue weighted by Gasteiger charge is -2.06. The van der Waals surface area contributed by atoms with Crippen LogP contribution in [0.2, 0.25) is 0 Å². The zero-order chi connectivity index (χ0) is 14.2. The molecule has 0 fully saturated rings. The van der Waals surface area contributed by atoms with E-state index < -0.39 is 11.7 Å². The highest BCUT2D eigenvalue weighted by Gasteiger charge is 2.30. The van der Waals surface area contributed by atoms with Gasteiger partial charge in [0.15, 0.2) is 5.82 Å². The van der Waals surface area contributed by atoms with Crippen molar-refractivity contribution in [2.45, 2.75) is 25.9 Å². The number of hydrogen-bond acceptors (Lipinski definition) is 2. The first kappa shape index (κ1) is 14.3. The number of rotatable bonds is 2. The van der Waals surface area contributed by atoms with Crippen LogP contribution in [0, 0.1) is 3.57 Å². The van der Waals surface area contributed by atoms with Gasteiger partial charge in [-0.15, -0.1) is 0 Å². The Kier molecular flexibility index (Phi) is 3.84. The zero-order valence-corrected chi connectivity index (χ0v) is 12.4. The molecule has 0 radical (unpaired) electrons. The van der Waals surface area contributed by atoms with Gasteiger partial charge < -0.3 is 0 Å². The Balaban J connectivity index is 2.35. The number of alkyl halides is 3. The maximum Gasteiger partial charge on any atom is 0.417 e. The Labute approximate surface area is 122 Å². The molecule has 0 spiro atoms. The van der Waals surface area contributed by atoms with Crippen molar-refractivity contribution in [3.05, 3.63) is 39.4 Å². The van der Waals surface area contributed by atoms with Gasteiger partial charge in [0, 0.05) is 12.4 Å². The molecule has 2 aromatic heterocycles. The molecule has 0 saturated heterocycles. The van der Waals surface area contributed by atoms with Crippen molar-refractivity contribution in [2.75, 3.05) is 0 Å². The van der Waals surface area contributed by atoms with E-state index in [2.05, 4.69) is 32.7 Å². The molecule has 0 bridgehead atoms. The molecule has 0 aliphatic heterocycles. The Hall–Kier alpha value is -1.12. The van der Waals surface area contributed by atoms with Gasteiger partial charge in [-0.2, -0.15) is 18.3 Å². The standard InChI is InChI=1S/C12H11F3IN3/c1-7(2)11-9(16)6-19(18-11)10-4-3-8(5-17-10)12(13,14)15/h3-7H,1-2H3. The van der Waals surface area contributed by atoms with Gasteiger partial charge in [0.05, 0.1) is 14.8 Å². The van der Waals surface area contributed by atoms with Gasteiger partial charge in [-0.1, -0.05) is 13.8 Å². The monoisotopic (exact) mass is 381 g/mol. The first-order valence-electron chi connectivity index (χ1n) is 5.57. The number of pyridine rings is 1. The molecule has 0 aromatic carbocycles. The number of halogens is 4. The van der Waals surface area contributed by atoms with Crippen molar-refractivity contribution in [2.24, 2.45) is 0 Å². The Morgan fingerprint density at radius 1 is 1.26 bits per heavy atom. The Bertz CT molecular complexity index is 573. The minimum Gasteiger partial charge on any atom is -0.237 e. The van der Waals surface area contributed by atoms with E-state index >= 15 is 0 Å². The van der Waals surface area contributed by atoms with Crippen LogP contribution in [0.5, 0.6) is 0 Å². The van der Waals surface area contributed by atoms with Crippen LogP contribution in [0.4, 0.5) is 13.2 Å². The number of aromatic nitrogens is 3. The molecule has 0 aliphatic rings. The molecule has 102 valence electrons. The van der Waals surface area contributed by atoms with Gasteiger partial charge in [0.25, 0.3) is 0 Å². The maximum absolute atomic E-state index is 12.4. The normalized spacial score (nSPS) is 12.2. The molecular weight excluding hydrogens is 370 g/mol. The lowest BCUT2D eigenvalue weighted by atomic mass is 10.1. The second kappa shape index (κ2) is 5.10. The molecule has 0 N–H and O–H groups in total. The van der Waals surface area contributed by atoms with Gasteiger partial charge in [-0.3, -0.25) is 0 Å². The van der Waals surface area contributed by atoms with E-state index in [9.17, 15) is 13.2 Å². The largest absolute Gasteiger partial charge is 0.417 e. The van der Waals surface area contributed by atoms with Crippen molar-refractivity contribution in [3.8, 4) is 5.82 Å². The highest BCUT2D eigenvalue weighted by molar-refractivity contribution is 14.1. The molecular formula is C12H11F3IN3. The fourth-order valence-electron chi connectivity index (χ4n) is 1.56. The summed E-state index contributed by atoms with van der Waals surface area (Å²) in [5.41, 5.74) is 0.143. The Morgan fingerprint density at radius 2 is 1.95 bits per heavy atom. The molecule has 3 nitrogen and oxygen atoms in total. The topological polar surface area (TPSA) is 30.7 Å². The second-order valence-corrected chi connectivity index (χ2v) is 5.53. The van der Waals surface area contributed by atoms with Crippen LogP contribution in [0.15, 0.2) is 24.5 Å². The molecule has 7 heteroatoms. The van der Waals surface area contributed by atoms with E-state index in [0.717, 1.165) is 21.5 Å². The Morgan fingerprint density at radius 3 is 2.37 bits per heavy atom.